The number of aromatic amines is 1. The van der Waals surface area contributed by atoms with Crippen molar-refractivity contribution in [3.63, 3.8) is 0 Å². The molecule has 0 amide bonds. The summed E-state index contributed by atoms with van der Waals surface area (Å²) in [5.41, 5.74) is -1.79. The van der Waals surface area contributed by atoms with Crippen molar-refractivity contribution in [2.75, 3.05) is 18.5 Å². The number of ether oxygens (including phenoxy) is 1. The van der Waals surface area contributed by atoms with Gasteiger partial charge < -0.3 is 25.8 Å². The van der Waals surface area contributed by atoms with E-state index in [9.17, 15) is 13.6 Å². The minimum Gasteiger partial charge on any atom is -0.387 e. The highest BCUT2D eigenvalue weighted by molar-refractivity contribution is 6.35. The van der Waals surface area contributed by atoms with Crippen molar-refractivity contribution in [3.8, 4) is 0 Å². The average Bonchev–Trinajstić information content (AvgIpc) is 2.74. The first-order chi connectivity index (χ1) is 14.4. The lowest BCUT2D eigenvalue weighted by Gasteiger charge is -2.22. The Hall–Kier alpha value is -3.04. The maximum absolute atomic E-state index is 14.1. The van der Waals surface area contributed by atoms with Gasteiger partial charge in [0.1, 0.15) is 17.3 Å². The van der Waals surface area contributed by atoms with Gasteiger partial charge >= 0.3 is 0 Å². The molecular weight excluding hydrogens is 416 g/mol. The van der Waals surface area contributed by atoms with Gasteiger partial charge in [-0.25, -0.2) is 8.78 Å². The Morgan fingerprint density at radius 2 is 1.90 bits per heavy atom. The second kappa shape index (κ2) is 9.64. The monoisotopic (exact) mass is 435 g/mol. The molecule has 0 radical (unpaired) electrons. The molecular formula is C20H20ClF2N5O2. The Morgan fingerprint density at radius 1 is 1.23 bits per heavy atom. The molecule has 0 bridgehead atoms. The van der Waals surface area contributed by atoms with E-state index in [1.807, 2.05) is 0 Å². The minimum absolute atomic E-state index is 0.0428. The normalized spacial score (nSPS) is 15.0. The van der Waals surface area contributed by atoms with Crippen LogP contribution in [-0.2, 0) is 4.74 Å². The highest BCUT2D eigenvalue weighted by Crippen LogP contribution is 2.30. The number of H-pyrrole nitrogens is 1. The Bertz CT molecular complexity index is 1030. The third kappa shape index (κ3) is 4.74. The van der Waals surface area contributed by atoms with Gasteiger partial charge in [0.15, 0.2) is 0 Å². The topological polar surface area (TPSA) is 114 Å². The summed E-state index contributed by atoms with van der Waals surface area (Å²) >= 11 is 6.17. The highest BCUT2D eigenvalue weighted by atomic mass is 35.5. The first kappa shape index (κ1) is 21.7. The fraction of sp³-hybridized carbons (Fsp3) is 0.250. The predicted molar refractivity (Wildman–Crippen MR) is 112 cm³/mol. The number of anilines is 2. The largest absolute Gasteiger partial charge is 0.387 e. The van der Waals surface area contributed by atoms with Gasteiger partial charge in [-0.15, -0.1) is 0 Å². The van der Waals surface area contributed by atoms with Crippen molar-refractivity contribution in [2.45, 2.75) is 18.9 Å². The van der Waals surface area contributed by atoms with Crippen molar-refractivity contribution in [2.24, 2.45) is 0 Å². The third-order valence-corrected chi connectivity index (χ3v) is 4.95. The number of rotatable bonds is 7. The molecule has 1 aromatic heterocycles. The van der Waals surface area contributed by atoms with Gasteiger partial charge in [-0.05, 0) is 25.0 Å². The first-order valence-corrected chi connectivity index (χ1v) is 9.56. The molecule has 5 N–H and O–H groups in total. The van der Waals surface area contributed by atoms with Gasteiger partial charge in [-0.3, -0.25) is 10.2 Å². The molecule has 3 rings (SSSR count). The van der Waals surface area contributed by atoms with E-state index < -0.39 is 22.9 Å². The van der Waals surface area contributed by atoms with Crippen LogP contribution in [0.2, 0.25) is 5.02 Å². The summed E-state index contributed by atoms with van der Waals surface area (Å²) in [5, 5.41) is 21.7. The molecule has 0 spiro atoms. The fourth-order valence-electron chi connectivity index (χ4n) is 3.01. The van der Waals surface area contributed by atoms with E-state index in [0.29, 0.717) is 13.2 Å². The van der Waals surface area contributed by atoms with Gasteiger partial charge in [0.2, 0.25) is 0 Å². The number of allylic oxidation sites excluding steroid dienone is 1. The highest BCUT2D eigenvalue weighted by Gasteiger charge is 2.21. The number of nitrogens with one attached hydrogen (secondary N) is 5. The Labute approximate surface area is 176 Å². The fourth-order valence-corrected chi connectivity index (χ4v) is 3.21. The summed E-state index contributed by atoms with van der Waals surface area (Å²) in [4.78, 5) is 14.9. The van der Waals surface area contributed by atoms with E-state index in [0.717, 1.165) is 37.4 Å². The molecule has 1 saturated heterocycles. The number of hydrogen-bond donors (Lipinski definition) is 5. The molecule has 1 aliphatic heterocycles. The molecule has 2 aromatic rings. The van der Waals surface area contributed by atoms with Crippen LogP contribution in [0.3, 0.4) is 0 Å². The van der Waals surface area contributed by atoms with E-state index >= 15 is 0 Å². The number of hydrogen-bond acceptors (Lipinski definition) is 6. The van der Waals surface area contributed by atoms with Crippen LogP contribution in [0.1, 0.15) is 18.4 Å². The maximum Gasteiger partial charge on any atom is 0.259 e. The predicted octanol–water partition coefficient (Wildman–Crippen LogP) is 3.72. The Kier molecular flexibility index (Phi) is 6.96. The van der Waals surface area contributed by atoms with Gasteiger partial charge in [-0.2, -0.15) is 0 Å². The third-order valence-electron chi connectivity index (χ3n) is 4.65. The van der Waals surface area contributed by atoms with Crippen molar-refractivity contribution in [1.82, 2.24) is 10.3 Å². The molecule has 0 atom stereocenters. The van der Waals surface area contributed by atoms with Crippen LogP contribution in [0, 0.1) is 22.5 Å². The standard InChI is InChI=1S/C20H20ClF2N5O2/c21-13-10-27-20(29)16(18(13)28-19-14(22)2-1-3-15(19)23)17(25)11(8-24)9-26-12-4-6-30-7-5-12/h1-3,8-10,12,24-26H,4-7H2,(H2,27,28,29)/b11-9+,24-8?,25-17?. The van der Waals surface area contributed by atoms with Crippen LogP contribution in [0.15, 0.2) is 41.0 Å². The van der Waals surface area contributed by atoms with Crippen molar-refractivity contribution < 1.29 is 13.5 Å². The van der Waals surface area contributed by atoms with Gasteiger partial charge in [0.25, 0.3) is 5.56 Å². The van der Waals surface area contributed by atoms with Crippen LogP contribution in [0.25, 0.3) is 0 Å². The second-order valence-electron chi connectivity index (χ2n) is 6.61. The van der Waals surface area contributed by atoms with Crippen molar-refractivity contribution in [3.05, 3.63) is 68.7 Å². The van der Waals surface area contributed by atoms with Crippen molar-refractivity contribution >= 4 is 34.9 Å². The quantitative estimate of drug-likeness (QED) is 0.426. The van der Waals surface area contributed by atoms with E-state index in [1.165, 1.54) is 12.3 Å². The molecule has 0 unspecified atom stereocenters. The zero-order chi connectivity index (χ0) is 21.7. The first-order valence-electron chi connectivity index (χ1n) is 9.18. The molecule has 158 valence electrons. The second-order valence-corrected chi connectivity index (χ2v) is 7.02. The van der Waals surface area contributed by atoms with Crippen LogP contribution in [-0.4, -0.2) is 36.2 Å². The maximum atomic E-state index is 14.1. The molecule has 7 nitrogen and oxygen atoms in total. The number of benzene rings is 1. The number of aromatic nitrogens is 1. The van der Waals surface area contributed by atoms with Crippen LogP contribution >= 0.6 is 11.6 Å². The van der Waals surface area contributed by atoms with E-state index in [2.05, 4.69) is 15.6 Å². The molecule has 2 heterocycles. The number of para-hydroxylation sites is 1. The lowest BCUT2D eigenvalue weighted by atomic mass is 10.0. The summed E-state index contributed by atoms with van der Waals surface area (Å²) in [6.45, 7) is 1.22. The molecule has 0 saturated carbocycles. The zero-order valence-corrected chi connectivity index (χ0v) is 16.6. The molecule has 10 heteroatoms. The summed E-state index contributed by atoms with van der Waals surface area (Å²) in [6, 6.07) is 3.43. The summed E-state index contributed by atoms with van der Waals surface area (Å²) in [6.07, 6.45) is 5.09. The van der Waals surface area contributed by atoms with Crippen LogP contribution in [0.4, 0.5) is 20.2 Å². The van der Waals surface area contributed by atoms with E-state index in [-0.39, 0.29) is 33.6 Å². The lowest BCUT2D eigenvalue weighted by molar-refractivity contribution is 0.0812. The lowest BCUT2D eigenvalue weighted by Crippen LogP contribution is -2.32. The molecule has 0 aliphatic carbocycles. The summed E-state index contributed by atoms with van der Waals surface area (Å²) in [7, 11) is 0. The van der Waals surface area contributed by atoms with Gasteiger partial charge in [0, 0.05) is 43.4 Å². The summed E-state index contributed by atoms with van der Waals surface area (Å²) < 4.78 is 33.5. The Morgan fingerprint density at radius 3 is 2.53 bits per heavy atom. The molecule has 1 fully saturated rings. The van der Waals surface area contributed by atoms with E-state index in [4.69, 9.17) is 27.2 Å². The molecule has 30 heavy (non-hydrogen) atoms. The average molecular weight is 436 g/mol. The number of pyridine rings is 1. The molecule has 1 aromatic carbocycles. The number of halogens is 3. The van der Waals surface area contributed by atoms with Crippen LogP contribution in [0.5, 0.6) is 0 Å². The summed E-state index contributed by atoms with van der Waals surface area (Å²) in [5.74, 6) is -1.76. The Balaban J connectivity index is 1.97. The van der Waals surface area contributed by atoms with Gasteiger partial charge in [0.05, 0.1) is 22.0 Å². The smallest absolute Gasteiger partial charge is 0.259 e. The minimum atomic E-state index is -0.882. The molecule has 1 aliphatic rings. The van der Waals surface area contributed by atoms with Crippen LogP contribution < -0.4 is 16.2 Å². The van der Waals surface area contributed by atoms with Gasteiger partial charge in [-0.1, -0.05) is 17.7 Å². The van der Waals surface area contributed by atoms with E-state index in [1.54, 1.807) is 0 Å². The van der Waals surface area contributed by atoms with Crippen molar-refractivity contribution in [1.29, 1.82) is 10.8 Å². The SMILES string of the molecule is N=C/C(=C\NC1CCOCC1)C(=N)c1c(Nc2c(F)cccc2F)c(Cl)c[nH]c1=O. The zero-order valence-electron chi connectivity index (χ0n) is 15.8.